The van der Waals surface area contributed by atoms with Gasteiger partial charge in [0.2, 0.25) is 10.0 Å². The number of aromatic nitrogens is 2. The van der Waals surface area contributed by atoms with Crippen molar-refractivity contribution in [3.63, 3.8) is 0 Å². The fourth-order valence-corrected chi connectivity index (χ4v) is 3.59. The van der Waals surface area contributed by atoms with E-state index in [0.29, 0.717) is 6.42 Å². The number of hydrogen-bond donors (Lipinski definition) is 1. The molecule has 5 nitrogen and oxygen atoms in total. The summed E-state index contributed by atoms with van der Waals surface area (Å²) in [5.41, 5.74) is 1.57. The number of pyridine rings is 1. The third-order valence-electron chi connectivity index (χ3n) is 2.69. The second kappa shape index (κ2) is 6.92. The predicted octanol–water partition coefficient (Wildman–Crippen LogP) is 2.42. The van der Waals surface area contributed by atoms with Crippen LogP contribution in [0.4, 0.5) is 0 Å². The summed E-state index contributed by atoms with van der Waals surface area (Å²) in [5.74, 6) is 0.169. The lowest BCUT2D eigenvalue weighted by atomic mass is 10.3. The third-order valence-corrected chi connectivity index (χ3v) is 4.95. The van der Waals surface area contributed by atoms with E-state index in [1.54, 1.807) is 6.20 Å². The molecule has 0 saturated carbocycles. The molecule has 7 heteroatoms. The van der Waals surface area contributed by atoms with E-state index >= 15 is 0 Å². The smallest absolute Gasteiger partial charge is 0.211 e. The van der Waals surface area contributed by atoms with E-state index in [4.69, 9.17) is 0 Å². The minimum absolute atomic E-state index is 0.169. The van der Waals surface area contributed by atoms with Crippen LogP contribution in [0.25, 0.3) is 11.4 Å². The molecular formula is C13H17N3O2S2. The average Bonchev–Trinajstić information content (AvgIpc) is 2.93. The van der Waals surface area contributed by atoms with Crippen molar-refractivity contribution in [3.05, 3.63) is 34.8 Å². The Morgan fingerprint density at radius 2 is 2.15 bits per heavy atom. The first-order chi connectivity index (χ1) is 9.61. The van der Waals surface area contributed by atoms with Gasteiger partial charge in [0.15, 0.2) is 0 Å². The SMILES string of the molecule is CCCCS(=O)(=O)NCc1nc(-c2ccccn2)cs1. The van der Waals surface area contributed by atoms with Crippen molar-refractivity contribution in [1.29, 1.82) is 0 Å². The van der Waals surface area contributed by atoms with E-state index in [2.05, 4.69) is 14.7 Å². The van der Waals surface area contributed by atoms with E-state index < -0.39 is 10.0 Å². The molecule has 0 amide bonds. The van der Waals surface area contributed by atoms with Crippen LogP contribution in [0.15, 0.2) is 29.8 Å². The van der Waals surface area contributed by atoms with Crippen molar-refractivity contribution in [1.82, 2.24) is 14.7 Å². The van der Waals surface area contributed by atoms with Gasteiger partial charge in [0.25, 0.3) is 0 Å². The fraction of sp³-hybridized carbons (Fsp3) is 0.385. The molecule has 108 valence electrons. The number of unbranched alkanes of at least 4 members (excludes halogenated alkanes) is 1. The summed E-state index contributed by atoms with van der Waals surface area (Å²) in [5, 5.41) is 2.63. The lowest BCUT2D eigenvalue weighted by Crippen LogP contribution is -2.25. The Morgan fingerprint density at radius 1 is 1.30 bits per heavy atom. The maximum Gasteiger partial charge on any atom is 0.211 e. The van der Waals surface area contributed by atoms with Crippen molar-refractivity contribution < 1.29 is 8.42 Å². The molecule has 0 atom stereocenters. The Hall–Kier alpha value is -1.31. The van der Waals surface area contributed by atoms with Gasteiger partial charge in [-0.15, -0.1) is 11.3 Å². The predicted molar refractivity (Wildman–Crippen MR) is 80.9 cm³/mol. The summed E-state index contributed by atoms with van der Waals surface area (Å²) in [4.78, 5) is 8.61. The van der Waals surface area contributed by atoms with Crippen LogP contribution in [-0.2, 0) is 16.6 Å². The Kier molecular flexibility index (Phi) is 5.22. The van der Waals surface area contributed by atoms with Crippen molar-refractivity contribution in [2.24, 2.45) is 0 Å². The summed E-state index contributed by atoms with van der Waals surface area (Å²) in [7, 11) is -3.20. The highest BCUT2D eigenvalue weighted by molar-refractivity contribution is 7.89. The van der Waals surface area contributed by atoms with Crippen LogP contribution in [0.3, 0.4) is 0 Å². The highest BCUT2D eigenvalue weighted by Gasteiger charge is 2.11. The maximum absolute atomic E-state index is 11.7. The number of hydrogen-bond acceptors (Lipinski definition) is 5. The molecule has 0 aliphatic heterocycles. The summed E-state index contributed by atoms with van der Waals surface area (Å²) in [6.07, 6.45) is 3.25. The average molecular weight is 311 g/mol. The largest absolute Gasteiger partial charge is 0.255 e. The number of thiazole rings is 1. The Balaban J connectivity index is 1.97. The molecule has 2 aromatic heterocycles. The number of rotatable bonds is 7. The minimum atomic E-state index is -3.20. The lowest BCUT2D eigenvalue weighted by molar-refractivity contribution is 0.578. The molecule has 1 N–H and O–H groups in total. The molecule has 2 heterocycles. The van der Waals surface area contributed by atoms with Gasteiger partial charge < -0.3 is 0 Å². The molecule has 0 aliphatic rings. The van der Waals surface area contributed by atoms with Crippen molar-refractivity contribution in [2.45, 2.75) is 26.3 Å². The van der Waals surface area contributed by atoms with Gasteiger partial charge in [-0.2, -0.15) is 0 Å². The first-order valence-electron chi connectivity index (χ1n) is 6.44. The van der Waals surface area contributed by atoms with Crippen molar-refractivity contribution in [2.75, 3.05) is 5.75 Å². The highest BCUT2D eigenvalue weighted by Crippen LogP contribution is 2.19. The molecule has 0 aromatic carbocycles. The molecule has 0 radical (unpaired) electrons. The molecule has 0 unspecified atom stereocenters. The van der Waals surface area contributed by atoms with Crippen molar-refractivity contribution in [3.8, 4) is 11.4 Å². The van der Waals surface area contributed by atoms with Gasteiger partial charge in [0, 0.05) is 11.6 Å². The highest BCUT2D eigenvalue weighted by atomic mass is 32.2. The first kappa shape index (κ1) is 15.1. The zero-order valence-electron chi connectivity index (χ0n) is 11.2. The summed E-state index contributed by atoms with van der Waals surface area (Å²) in [6.45, 7) is 2.21. The Labute approximate surface area is 123 Å². The zero-order chi connectivity index (χ0) is 14.4. The second-order valence-electron chi connectivity index (χ2n) is 4.34. The van der Waals surface area contributed by atoms with Gasteiger partial charge in [-0.1, -0.05) is 19.4 Å². The molecule has 2 rings (SSSR count). The minimum Gasteiger partial charge on any atom is -0.255 e. The van der Waals surface area contributed by atoms with Gasteiger partial charge in [-0.25, -0.2) is 18.1 Å². The monoisotopic (exact) mass is 311 g/mol. The molecule has 2 aromatic rings. The van der Waals surface area contributed by atoms with Gasteiger partial charge in [-0.3, -0.25) is 4.98 Å². The Morgan fingerprint density at radius 3 is 2.85 bits per heavy atom. The Bertz CT molecular complexity index is 639. The van der Waals surface area contributed by atoms with E-state index in [-0.39, 0.29) is 12.3 Å². The molecule has 0 spiro atoms. The number of nitrogens with zero attached hydrogens (tertiary/aromatic N) is 2. The topological polar surface area (TPSA) is 72.0 Å². The molecule has 20 heavy (non-hydrogen) atoms. The summed E-state index contributed by atoms with van der Waals surface area (Å²) in [6, 6.07) is 5.62. The molecular weight excluding hydrogens is 294 g/mol. The zero-order valence-corrected chi connectivity index (χ0v) is 12.9. The quantitative estimate of drug-likeness (QED) is 0.852. The molecule has 0 bridgehead atoms. The third kappa shape index (κ3) is 4.36. The van der Waals surface area contributed by atoms with Gasteiger partial charge in [0.1, 0.15) is 5.01 Å². The van der Waals surface area contributed by atoms with E-state index in [1.807, 2.05) is 30.5 Å². The van der Waals surface area contributed by atoms with Crippen molar-refractivity contribution >= 4 is 21.4 Å². The van der Waals surface area contributed by atoms with Crippen LogP contribution >= 0.6 is 11.3 Å². The normalized spacial score (nSPS) is 11.7. The summed E-state index contributed by atoms with van der Waals surface area (Å²) >= 11 is 1.43. The molecule has 0 saturated heterocycles. The van der Waals surface area contributed by atoms with Crippen LogP contribution in [0.5, 0.6) is 0 Å². The van der Waals surface area contributed by atoms with E-state index in [0.717, 1.165) is 22.8 Å². The first-order valence-corrected chi connectivity index (χ1v) is 8.97. The van der Waals surface area contributed by atoms with Crippen LogP contribution in [0.1, 0.15) is 24.8 Å². The fourth-order valence-electron chi connectivity index (χ4n) is 1.60. The summed E-state index contributed by atoms with van der Waals surface area (Å²) < 4.78 is 26.0. The standard InChI is InChI=1S/C13H17N3O2S2/c1-2-3-8-20(17,18)15-9-13-16-12(10-19-13)11-6-4-5-7-14-11/h4-7,10,15H,2-3,8-9H2,1H3. The van der Waals surface area contributed by atoms with Crippen LogP contribution in [0.2, 0.25) is 0 Å². The second-order valence-corrected chi connectivity index (χ2v) is 7.20. The van der Waals surface area contributed by atoms with Crippen LogP contribution < -0.4 is 4.72 Å². The van der Waals surface area contributed by atoms with Gasteiger partial charge in [0.05, 0.1) is 23.7 Å². The number of sulfonamides is 1. The van der Waals surface area contributed by atoms with Crippen LogP contribution in [-0.4, -0.2) is 24.1 Å². The molecule has 0 fully saturated rings. The molecule has 0 aliphatic carbocycles. The van der Waals surface area contributed by atoms with Crippen LogP contribution in [0, 0.1) is 0 Å². The maximum atomic E-state index is 11.7. The van der Waals surface area contributed by atoms with Gasteiger partial charge in [-0.05, 0) is 18.6 Å². The number of nitrogens with one attached hydrogen (secondary N) is 1. The van der Waals surface area contributed by atoms with E-state index in [9.17, 15) is 8.42 Å². The van der Waals surface area contributed by atoms with Gasteiger partial charge >= 0.3 is 0 Å². The lowest BCUT2D eigenvalue weighted by Gasteiger charge is -2.03. The van der Waals surface area contributed by atoms with E-state index in [1.165, 1.54) is 11.3 Å².